The summed E-state index contributed by atoms with van der Waals surface area (Å²) in [6.07, 6.45) is 0. The van der Waals surface area contributed by atoms with Gasteiger partial charge in [-0.2, -0.15) is 11.8 Å². The monoisotopic (exact) mass is 488 g/mol. The summed E-state index contributed by atoms with van der Waals surface area (Å²) < 4.78 is 0. The normalized spacial score (nSPS) is 15.0. The molecule has 1 heterocycles. The third-order valence-corrected chi connectivity index (χ3v) is 4.87. The van der Waals surface area contributed by atoms with E-state index in [2.05, 4.69) is 15.2 Å². The molecule has 0 atom stereocenters. The van der Waals surface area contributed by atoms with Crippen LogP contribution < -0.4 is 11.1 Å². The van der Waals surface area contributed by atoms with Crippen LogP contribution in [-0.4, -0.2) is 54.5 Å². The molecule has 23 heavy (non-hydrogen) atoms. The van der Waals surface area contributed by atoms with E-state index in [0.29, 0.717) is 34.7 Å². The SMILES string of the molecule is I.NC(=NCCNC(=O)c1ccc(Cl)c(Cl)c1)N1CCSCC1. The van der Waals surface area contributed by atoms with Gasteiger partial charge in [0.15, 0.2) is 5.96 Å². The molecular weight excluding hydrogens is 470 g/mol. The Kier molecular flexibility index (Phi) is 9.41. The van der Waals surface area contributed by atoms with Gasteiger partial charge in [0, 0.05) is 36.7 Å². The van der Waals surface area contributed by atoms with Crippen molar-refractivity contribution in [2.45, 2.75) is 0 Å². The molecule has 3 N–H and O–H groups in total. The second-order valence-electron chi connectivity index (χ2n) is 4.72. The lowest BCUT2D eigenvalue weighted by Gasteiger charge is -2.27. The number of hydrogen-bond acceptors (Lipinski definition) is 3. The molecule has 1 aromatic carbocycles. The molecule has 0 radical (unpaired) electrons. The topological polar surface area (TPSA) is 70.7 Å². The molecular formula is C14H19Cl2IN4OS. The van der Waals surface area contributed by atoms with Gasteiger partial charge in [-0.3, -0.25) is 9.79 Å². The molecule has 0 aromatic heterocycles. The first-order valence-corrected chi connectivity index (χ1v) is 8.85. The summed E-state index contributed by atoms with van der Waals surface area (Å²) in [5, 5.41) is 3.56. The molecule has 0 bridgehead atoms. The van der Waals surface area contributed by atoms with E-state index < -0.39 is 0 Å². The van der Waals surface area contributed by atoms with Gasteiger partial charge >= 0.3 is 0 Å². The summed E-state index contributed by atoms with van der Waals surface area (Å²) in [6.45, 7) is 2.72. The van der Waals surface area contributed by atoms with Gasteiger partial charge in [-0.15, -0.1) is 24.0 Å². The van der Waals surface area contributed by atoms with Gasteiger partial charge in [-0.1, -0.05) is 23.2 Å². The van der Waals surface area contributed by atoms with Crippen LogP contribution in [0.15, 0.2) is 23.2 Å². The first kappa shape index (κ1) is 20.7. The molecule has 5 nitrogen and oxygen atoms in total. The van der Waals surface area contributed by atoms with E-state index in [4.69, 9.17) is 28.9 Å². The Morgan fingerprint density at radius 1 is 1.30 bits per heavy atom. The Morgan fingerprint density at radius 3 is 2.65 bits per heavy atom. The number of nitrogens with zero attached hydrogens (tertiary/aromatic N) is 2. The quantitative estimate of drug-likeness (QED) is 0.296. The zero-order chi connectivity index (χ0) is 15.9. The van der Waals surface area contributed by atoms with Crippen molar-refractivity contribution in [1.82, 2.24) is 10.2 Å². The average Bonchev–Trinajstić information content (AvgIpc) is 2.54. The minimum Gasteiger partial charge on any atom is -0.370 e. The lowest BCUT2D eigenvalue weighted by atomic mass is 10.2. The number of aliphatic imine (C=N–C) groups is 1. The number of amides is 1. The van der Waals surface area contributed by atoms with Gasteiger partial charge < -0.3 is 16.0 Å². The minimum atomic E-state index is -0.207. The third kappa shape index (κ3) is 6.56. The standard InChI is InChI=1S/C14H18Cl2N4OS.HI/c15-11-2-1-10(9-12(11)16)13(21)18-3-4-19-14(17)20-5-7-22-8-6-20;/h1-2,9H,3-8H2,(H2,17,19)(H,18,21);1H. The zero-order valence-electron chi connectivity index (χ0n) is 12.4. The molecule has 1 aromatic rings. The molecule has 1 aliphatic rings. The summed E-state index contributed by atoms with van der Waals surface area (Å²) in [6, 6.07) is 4.78. The molecule has 0 aliphatic carbocycles. The van der Waals surface area contributed by atoms with Crippen LogP contribution in [0.3, 0.4) is 0 Å². The summed E-state index contributed by atoms with van der Waals surface area (Å²) >= 11 is 13.6. The third-order valence-electron chi connectivity index (χ3n) is 3.19. The van der Waals surface area contributed by atoms with Crippen LogP contribution in [0.5, 0.6) is 0 Å². The largest absolute Gasteiger partial charge is 0.370 e. The Labute approximate surface area is 167 Å². The van der Waals surface area contributed by atoms with E-state index in [9.17, 15) is 4.79 Å². The Morgan fingerprint density at radius 2 is 2.00 bits per heavy atom. The number of guanidine groups is 1. The van der Waals surface area contributed by atoms with Crippen molar-refractivity contribution in [2.75, 3.05) is 37.7 Å². The number of nitrogens with two attached hydrogens (primary N) is 1. The smallest absolute Gasteiger partial charge is 0.251 e. The fourth-order valence-corrected chi connectivity index (χ4v) is 3.17. The summed E-state index contributed by atoms with van der Waals surface area (Å²) in [7, 11) is 0. The highest BCUT2D eigenvalue weighted by Crippen LogP contribution is 2.22. The maximum atomic E-state index is 11.9. The first-order chi connectivity index (χ1) is 10.6. The average molecular weight is 489 g/mol. The van der Waals surface area contributed by atoms with Crippen LogP contribution in [0.2, 0.25) is 10.0 Å². The molecule has 1 saturated heterocycles. The number of rotatable bonds is 4. The lowest BCUT2D eigenvalue weighted by Crippen LogP contribution is -2.43. The molecule has 128 valence electrons. The molecule has 0 spiro atoms. The second kappa shape index (κ2) is 10.5. The highest BCUT2D eigenvalue weighted by molar-refractivity contribution is 14.0. The highest BCUT2D eigenvalue weighted by atomic mass is 127. The lowest BCUT2D eigenvalue weighted by molar-refractivity contribution is 0.0955. The van der Waals surface area contributed by atoms with Gasteiger partial charge in [0.1, 0.15) is 0 Å². The Bertz CT molecular complexity index is 568. The number of carbonyl (C=O) groups excluding carboxylic acids is 1. The van der Waals surface area contributed by atoms with Crippen LogP contribution in [-0.2, 0) is 0 Å². The van der Waals surface area contributed by atoms with Crippen molar-refractivity contribution in [3.05, 3.63) is 33.8 Å². The maximum absolute atomic E-state index is 11.9. The van der Waals surface area contributed by atoms with Crippen molar-refractivity contribution in [1.29, 1.82) is 0 Å². The van der Waals surface area contributed by atoms with Crippen LogP contribution in [0.25, 0.3) is 0 Å². The number of thioether (sulfide) groups is 1. The van der Waals surface area contributed by atoms with Crippen LogP contribution in [0.1, 0.15) is 10.4 Å². The molecule has 1 fully saturated rings. The Hall–Kier alpha value is -0.380. The fraction of sp³-hybridized carbons (Fsp3) is 0.429. The van der Waals surface area contributed by atoms with Crippen LogP contribution >= 0.6 is 58.9 Å². The summed E-state index contributed by atoms with van der Waals surface area (Å²) in [5.41, 5.74) is 6.41. The Balaban J connectivity index is 0.00000264. The van der Waals surface area contributed by atoms with Crippen molar-refractivity contribution in [3.63, 3.8) is 0 Å². The number of benzene rings is 1. The number of carbonyl (C=O) groups is 1. The number of hydrogen-bond donors (Lipinski definition) is 2. The summed E-state index contributed by atoms with van der Waals surface area (Å²) in [4.78, 5) is 18.3. The van der Waals surface area contributed by atoms with Gasteiger partial charge in [0.05, 0.1) is 16.6 Å². The zero-order valence-corrected chi connectivity index (χ0v) is 17.1. The molecule has 0 unspecified atom stereocenters. The minimum absolute atomic E-state index is 0. The van der Waals surface area contributed by atoms with E-state index in [1.807, 2.05) is 11.8 Å². The fourth-order valence-electron chi connectivity index (χ4n) is 1.97. The van der Waals surface area contributed by atoms with Gasteiger partial charge in [0.25, 0.3) is 5.91 Å². The van der Waals surface area contributed by atoms with Crippen molar-refractivity contribution in [3.8, 4) is 0 Å². The highest BCUT2D eigenvalue weighted by Gasteiger charge is 2.12. The second-order valence-corrected chi connectivity index (χ2v) is 6.76. The van der Waals surface area contributed by atoms with E-state index in [1.165, 1.54) is 0 Å². The van der Waals surface area contributed by atoms with E-state index in [1.54, 1.807) is 18.2 Å². The number of halogens is 3. The van der Waals surface area contributed by atoms with E-state index >= 15 is 0 Å². The molecule has 1 aliphatic heterocycles. The van der Waals surface area contributed by atoms with Crippen molar-refractivity contribution >= 4 is 70.8 Å². The maximum Gasteiger partial charge on any atom is 0.251 e. The molecule has 0 saturated carbocycles. The molecule has 2 rings (SSSR count). The number of nitrogens with one attached hydrogen (secondary N) is 1. The van der Waals surface area contributed by atoms with Crippen LogP contribution in [0, 0.1) is 0 Å². The first-order valence-electron chi connectivity index (χ1n) is 6.94. The van der Waals surface area contributed by atoms with Crippen molar-refractivity contribution < 1.29 is 4.79 Å². The van der Waals surface area contributed by atoms with E-state index in [0.717, 1.165) is 24.6 Å². The van der Waals surface area contributed by atoms with Crippen molar-refractivity contribution in [2.24, 2.45) is 10.7 Å². The summed E-state index contributed by atoms with van der Waals surface area (Å²) in [5.74, 6) is 2.49. The van der Waals surface area contributed by atoms with E-state index in [-0.39, 0.29) is 29.9 Å². The van der Waals surface area contributed by atoms with Crippen LogP contribution in [0.4, 0.5) is 0 Å². The van der Waals surface area contributed by atoms with Gasteiger partial charge in [-0.05, 0) is 18.2 Å². The molecule has 1 amide bonds. The predicted octanol–water partition coefficient (Wildman–Crippen LogP) is 2.70. The van der Waals surface area contributed by atoms with Gasteiger partial charge in [0.2, 0.25) is 0 Å². The molecule has 9 heteroatoms. The predicted molar refractivity (Wildman–Crippen MR) is 110 cm³/mol. The van der Waals surface area contributed by atoms with Gasteiger partial charge in [-0.25, -0.2) is 0 Å².